The number of nitrogens with one attached hydrogen (secondary N) is 4. The van der Waals surface area contributed by atoms with Crippen molar-refractivity contribution in [2.24, 2.45) is 0 Å². The number of H-pyrrole nitrogens is 2. The number of rotatable bonds is 14. The molecule has 0 saturated heterocycles. The second-order valence-corrected chi connectivity index (χ2v) is 12.8. The van der Waals surface area contributed by atoms with Crippen molar-refractivity contribution in [1.29, 1.82) is 0 Å². The van der Waals surface area contributed by atoms with Crippen molar-refractivity contribution in [1.82, 2.24) is 40.4 Å². The lowest BCUT2D eigenvalue weighted by atomic mass is 9.92. The second-order valence-electron chi connectivity index (χ2n) is 12.8. The summed E-state index contributed by atoms with van der Waals surface area (Å²) in [4.78, 5) is 67.4. The van der Waals surface area contributed by atoms with Gasteiger partial charge in [0, 0.05) is 29.6 Å². The number of amides is 4. The number of benzene rings is 3. The molecular formula is C39H44N8O7. The molecule has 15 nitrogen and oxygen atoms in total. The molecule has 282 valence electrons. The van der Waals surface area contributed by atoms with Crippen molar-refractivity contribution >= 4 is 34.8 Å². The van der Waals surface area contributed by atoms with Crippen LogP contribution >= 0.6 is 0 Å². The van der Waals surface area contributed by atoms with Gasteiger partial charge in [0.25, 0.3) is 0 Å². The van der Waals surface area contributed by atoms with Crippen LogP contribution in [0.25, 0.3) is 44.4 Å². The summed E-state index contributed by atoms with van der Waals surface area (Å²) in [6, 6.07) is 16.6. The summed E-state index contributed by atoms with van der Waals surface area (Å²) in [6.45, 7) is 5.66. The van der Waals surface area contributed by atoms with Gasteiger partial charge in [0.15, 0.2) is 0 Å². The highest BCUT2D eigenvalue weighted by molar-refractivity contribution is 5.98. The number of aromatic nitrogens is 4. The number of nitrogens with zero attached hydrogens (tertiary/aromatic N) is 4. The summed E-state index contributed by atoms with van der Waals surface area (Å²) in [5.74, 6) is 1.65. The minimum Gasteiger partial charge on any atom is -0.488 e. The zero-order chi connectivity index (χ0) is 38.2. The van der Waals surface area contributed by atoms with Crippen LogP contribution in [0.5, 0.6) is 5.75 Å². The number of hydrogen-bond donors (Lipinski definition) is 4. The first-order valence-electron chi connectivity index (χ1n) is 17.8. The number of ether oxygens (including phenoxy) is 3. The minimum absolute atomic E-state index is 0.155. The third-order valence-corrected chi connectivity index (χ3v) is 9.13. The van der Waals surface area contributed by atoms with Crippen LogP contribution in [0.4, 0.5) is 9.59 Å². The van der Waals surface area contributed by atoms with Crippen LogP contribution in [0, 0.1) is 0 Å². The highest BCUT2D eigenvalue weighted by atomic mass is 16.5. The fourth-order valence-corrected chi connectivity index (χ4v) is 6.46. The van der Waals surface area contributed by atoms with E-state index < -0.39 is 12.2 Å². The van der Waals surface area contributed by atoms with E-state index in [1.807, 2.05) is 19.9 Å². The molecule has 0 spiro atoms. The number of imidazole rings is 2. The number of hydrogen-bond acceptors (Lipinski definition) is 9. The normalized spacial score (nSPS) is 11.6. The van der Waals surface area contributed by atoms with Crippen molar-refractivity contribution in [3.63, 3.8) is 0 Å². The quantitative estimate of drug-likeness (QED) is 0.116. The standard InChI is InChI=1S/C39H44N8O7/c1-5-13-46(35(48)19-42-38(50)52-3)21-33-40-17-31(44-33)25-9-11-29-24(15-25)7-12-30-28-10-8-26(16-27(28)23-54-37(29)30)32-18-41-34(45-32)22-47(14-6-2)36(49)20-43-39(51)53-4/h7-12,15-18H,5-6,13-14,19-23H2,1-4H3,(H,40,44)(H,41,45)(H,42,50)(H,43,51). The largest absolute Gasteiger partial charge is 0.488 e. The average Bonchev–Trinajstić information content (AvgIpc) is 3.87. The number of aromatic amines is 2. The summed E-state index contributed by atoms with van der Waals surface area (Å²) in [6.07, 6.45) is 3.73. The number of alkyl carbamates (subject to hydrolysis) is 2. The SMILES string of the molecule is CCCN(Cc1ncc(-c2ccc3c(c2)COc2c-3ccc3cc(-c4cnc(CN(CCC)C(=O)CNC(=O)OC)[nH]4)ccc23)[nH]1)C(=O)CNC(=O)OC. The monoisotopic (exact) mass is 736 g/mol. The van der Waals surface area contributed by atoms with E-state index in [1.54, 1.807) is 22.2 Å². The van der Waals surface area contributed by atoms with E-state index in [9.17, 15) is 19.2 Å². The molecule has 6 rings (SSSR count). The van der Waals surface area contributed by atoms with Crippen molar-refractivity contribution in [2.45, 2.75) is 46.4 Å². The predicted octanol–water partition coefficient (Wildman–Crippen LogP) is 5.37. The lowest BCUT2D eigenvalue weighted by Crippen LogP contribution is -2.40. The molecule has 2 aromatic heterocycles. The van der Waals surface area contributed by atoms with Gasteiger partial charge in [-0.3, -0.25) is 9.59 Å². The summed E-state index contributed by atoms with van der Waals surface area (Å²) in [5, 5.41) is 6.89. The van der Waals surface area contributed by atoms with Crippen molar-refractivity contribution < 1.29 is 33.4 Å². The van der Waals surface area contributed by atoms with Gasteiger partial charge in [-0.05, 0) is 53.1 Å². The van der Waals surface area contributed by atoms with Crippen LogP contribution in [-0.2, 0) is 38.8 Å². The molecule has 5 aromatic rings. The number of carbonyl (C=O) groups is 4. The average molecular weight is 737 g/mol. The predicted molar refractivity (Wildman–Crippen MR) is 201 cm³/mol. The van der Waals surface area contributed by atoms with Gasteiger partial charge in [0.1, 0.15) is 37.1 Å². The van der Waals surface area contributed by atoms with E-state index >= 15 is 0 Å². The van der Waals surface area contributed by atoms with Gasteiger partial charge in [-0.1, -0.05) is 44.2 Å². The first-order chi connectivity index (χ1) is 26.2. The van der Waals surface area contributed by atoms with E-state index in [0.717, 1.165) is 68.6 Å². The van der Waals surface area contributed by atoms with Crippen molar-refractivity contribution in [3.8, 4) is 39.4 Å². The molecule has 0 bridgehead atoms. The molecule has 0 unspecified atom stereocenters. The Balaban J connectivity index is 1.15. The lowest BCUT2D eigenvalue weighted by molar-refractivity contribution is -0.131. The minimum atomic E-state index is -0.655. The third-order valence-electron chi connectivity index (χ3n) is 9.13. The smallest absolute Gasteiger partial charge is 0.407 e. The first-order valence-corrected chi connectivity index (χ1v) is 17.8. The van der Waals surface area contributed by atoms with Crippen LogP contribution in [-0.4, -0.2) is 94.1 Å². The van der Waals surface area contributed by atoms with E-state index in [1.165, 1.54) is 14.2 Å². The van der Waals surface area contributed by atoms with E-state index in [0.29, 0.717) is 31.3 Å². The Labute approximate surface area is 312 Å². The molecule has 0 fully saturated rings. The lowest BCUT2D eigenvalue weighted by Gasteiger charge is -2.23. The summed E-state index contributed by atoms with van der Waals surface area (Å²) < 4.78 is 15.5. The first kappa shape index (κ1) is 37.4. The molecule has 0 saturated carbocycles. The zero-order valence-corrected chi connectivity index (χ0v) is 30.8. The molecule has 1 aliphatic rings. The fraction of sp³-hybridized carbons (Fsp3) is 0.333. The van der Waals surface area contributed by atoms with Gasteiger partial charge in [-0.15, -0.1) is 0 Å². The molecule has 3 heterocycles. The molecule has 54 heavy (non-hydrogen) atoms. The molecule has 0 atom stereocenters. The van der Waals surface area contributed by atoms with Gasteiger partial charge in [-0.2, -0.15) is 0 Å². The Bertz CT molecular complexity index is 2160. The van der Waals surface area contributed by atoms with Gasteiger partial charge >= 0.3 is 12.2 Å². The molecular weight excluding hydrogens is 692 g/mol. The maximum atomic E-state index is 12.7. The summed E-state index contributed by atoms with van der Waals surface area (Å²) in [7, 11) is 2.51. The number of carbonyl (C=O) groups excluding carboxylic acids is 4. The summed E-state index contributed by atoms with van der Waals surface area (Å²) in [5.41, 5.74) is 6.69. The molecule has 0 radical (unpaired) electrons. The highest BCUT2D eigenvalue weighted by Crippen LogP contribution is 2.43. The van der Waals surface area contributed by atoms with Gasteiger partial charge in [-0.25, -0.2) is 19.6 Å². The van der Waals surface area contributed by atoms with Gasteiger partial charge in [0.2, 0.25) is 11.8 Å². The Hall–Kier alpha value is -6.38. The number of methoxy groups -OCH3 is 2. The van der Waals surface area contributed by atoms with Crippen LogP contribution in [0.3, 0.4) is 0 Å². The Morgan fingerprint density at radius 3 is 1.83 bits per heavy atom. The van der Waals surface area contributed by atoms with E-state index in [-0.39, 0.29) is 38.0 Å². The maximum Gasteiger partial charge on any atom is 0.407 e. The van der Waals surface area contributed by atoms with Crippen molar-refractivity contribution in [2.75, 3.05) is 40.4 Å². The molecule has 15 heteroatoms. The van der Waals surface area contributed by atoms with Crippen LogP contribution in [0.2, 0.25) is 0 Å². The molecule has 0 aliphatic carbocycles. The molecule has 3 aromatic carbocycles. The van der Waals surface area contributed by atoms with Gasteiger partial charge < -0.3 is 44.6 Å². The fourth-order valence-electron chi connectivity index (χ4n) is 6.46. The van der Waals surface area contributed by atoms with Crippen molar-refractivity contribution in [3.05, 3.63) is 78.1 Å². The van der Waals surface area contributed by atoms with Crippen LogP contribution in [0.1, 0.15) is 43.9 Å². The third kappa shape index (κ3) is 8.46. The molecule has 4 amide bonds. The second kappa shape index (κ2) is 17.0. The maximum absolute atomic E-state index is 12.7. The Morgan fingerprint density at radius 2 is 1.28 bits per heavy atom. The van der Waals surface area contributed by atoms with Crippen LogP contribution < -0.4 is 15.4 Å². The highest BCUT2D eigenvalue weighted by Gasteiger charge is 2.22. The molecule has 1 aliphatic heterocycles. The molecule has 4 N–H and O–H groups in total. The Morgan fingerprint density at radius 1 is 0.741 bits per heavy atom. The summed E-state index contributed by atoms with van der Waals surface area (Å²) >= 11 is 0. The van der Waals surface area contributed by atoms with E-state index in [2.05, 4.69) is 82.5 Å². The zero-order valence-electron chi connectivity index (χ0n) is 30.8. The van der Waals surface area contributed by atoms with Gasteiger partial charge in [0.05, 0.1) is 51.1 Å². The Kier molecular flexibility index (Phi) is 11.7. The van der Waals surface area contributed by atoms with E-state index in [4.69, 9.17) is 4.74 Å². The topological polar surface area (TPSA) is 184 Å². The van der Waals surface area contributed by atoms with Crippen LogP contribution in [0.15, 0.2) is 60.9 Å². The number of fused-ring (bicyclic) bond motifs is 5.